The smallest absolute Gasteiger partial charge is 0.363 e. The molecule has 1 saturated heterocycles. The van der Waals surface area contributed by atoms with Gasteiger partial charge in [0, 0.05) is 78.2 Å². The van der Waals surface area contributed by atoms with E-state index in [9.17, 15) is 37.3 Å². The molecule has 4 aliphatic rings. The largest absolute Gasteiger partial charge is 0.748 e. The fraction of sp³-hybridized carbons (Fsp3) is 0.270. The molecule has 0 saturated carbocycles. The molecule has 2 amide bonds. The Morgan fingerprint density at radius 2 is 1.69 bits per heavy atom. The van der Waals surface area contributed by atoms with Gasteiger partial charge in [0.2, 0.25) is 5.36 Å². The van der Waals surface area contributed by atoms with Gasteiger partial charge < -0.3 is 24.6 Å². The van der Waals surface area contributed by atoms with E-state index >= 15 is 0 Å². The van der Waals surface area contributed by atoms with Gasteiger partial charge in [-0.3, -0.25) is 9.59 Å². The number of carbonyl (C=O) groups is 4. The molecule has 16 nitrogen and oxygen atoms in total. The molecule has 1 fully saturated rings. The number of carboxylic acid groups (broad SMARTS) is 1. The average Bonchev–Trinajstić information content (AvgIpc) is 3.39. The third-order valence-electron chi connectivity index (χ3n) is 9.23. The summed E-state index contributed by atoms with van der Waals surface area (Å²) in [4.78, 5) is 59.3. The molecular weight excluding hydrogens is 759 g/mol. The molecule has 3 aromatic carbocycles. The molecule has 0 aliphatic carbocycles. The van der Waals surface area contributed by atoms with Crippen LogP contribution >= 0.6 is 12.0 Å². The van der Waals surface area contributed by atoms with Gasteiger partial charge in [-0.2, -0.15) is 0 Å². The van der Waals surface area contributed by atoms with Crippen LogP contribution in [0.3, 0.4) is 0 Å². The second-order valence-electron chi connectivity index (χ2n) is 14.4. The van der Waals surface area contributed by atoms with E-state index in [1.54, 1.807) is 44.2 Å². The van der Waals surface area contributed by atoms with Gasteiger partial charge in [0.25, 0.3) is 11.8 Å². The molecular formula is C37H33N3O13S2. The molecule has 4 N–H and O–H groups in total. The van der Waals surface area contributed by atoms with Crippen LogP contribution in [-0.4, -0.2) is 74.7 Å². The maximum absolute atomic E-state index is 13.4. The third kappa shape index (κ3) is 7.51. The Morgan fingerprint density at radius 3 is 2.36 bits per heavy atom. The van der Waals surface area contributed by atoms with E-state index in [4.69, 9.17) is 14.8 Å². The van der Waals surface area contributed by atoms with Crippen LogP contribution in [0.5, 0.6) is 11.5 Å². The zero-order valence-electron chi connectivity index (χ0n) is 29.7. The van der Waals surface area contributed by atoms with Gasteiger partial charge >= 0.3 is 11.9 Å². The maximum atomic E-state index is 13.4. The van der Waals surface area contributed by atoms with Gasteiger partial charge in [-0.1, -0.05) is 11.1 Å². The van der Waals surface area contributed by atoms with Crippen LogP contribution in [0.4, 0.5) is 5.69 Å². The molecule has 0 radical (unpaired) electrons. The fourth-order valence-electron chi connectivity index (χ4n) is 7.20. The van der Waals surface area contributed by atoms with Crippen LogP contribution in [-0.2, 0) is 33.9 Å². The number of benzene rings is 3. The monoisotopic (exact) mass is 791 g/mol. The van der Waals surface area contributed by atoms with Crippen molar-refractivity contribution in [2.75, 3.05) is 16.8 Å². The summed E-state index contributed by atoms with van der Waals surface area (Å²) in [5.41, 5.74) is 1.47. The molecule has 3 aromatic rings. The van der Waals surface area contributed by atoms with Crippen LogP contribution in [0.15, 0.2) is 54.6 Å². The Hall–Kier alpha value is -5.37. The van der Waals surface area contributed by atoms with E-state index in [-0.39, 0.29) is 52.2 Å². The molecule has 286 valence electrons. The number of imide groups is 1. The van der Waals surface area contributed by atoms with Crippen molar-refractivity contribution in [3.63, 3.8) is 0 Å². The number of nitrogens with one attached hydrogen (secondary N) is 2. The first-order valence-corrected chi connectivity index (χ1v) is 19.2. The quantitative estimate of drug-likeness (QED) is 0.0450. The number of nitrogens with zero attached hydrogens (tertiary/aromatic N) is 1. The molecule has 0 aromatic heterocycles. The summed E-state index contributed by atoms with van der Waals surface area (Å²) in [5, 5.41) is 27.6. The Morgan fingerprint density at radius 1 is 0.964 bits per heavy atom. The summed E-state index contributed by atoms with van der Waals surface area (Å²) in [6.07, 6.45) is 3.31. The van der Waals surface area contributed by atoms with Gasteiger partial charge in [-0.05, 0) is 67.0 Å². The van der Waals surface area contributed by atoms with Crippen LogP contribution in [0.25, 0.3) is 16.7 Å². The maximum Gasteiger partial charge on any atom is 0.363 e. The zero-order valence-corrected chi connectivity index (χ0v) is 31.3. The summed E-state index contributed by atoms with van der Waals surface area (Å²) in [6.45, 7) is 7.48. The molecule has 7 rings (SSSR count). The van der Waals surface area contributed by atoms with Crippen molar-refractivity contribution >= 4 is 68.3 Å². The van der Waals surface area contributed by atoms with Crippen LogP contribution in [0.1, 0.15) is 83.5 Å². The predicted molar refractivity (Wildman–Crippen MR) is 193 cm³/mol. The number of anilines is 1. The molecule has 0 atom stereocenters. The lowest BCUT2D eigenvalue weighted by molar-refractivity contribution is -0.568. The highest BCUT2D eigenvalue weighted by Crippen LogP contribution is 2.45. The van der Waals surface area contributed by atoms with E-state index in [0.29, 0.717) is 43.8 Å². The molecule has 0 bridgehead atoms. The minimum Gasteiger partial charge on any atom is -0.748 e. The molecule has 18 heteroatoms. The average molecular weight is 792 g/mol. The number of carbonyl (C=O) groups excluding carboxylic acids is 3. The molecule has 55 heavy (non-hydrogen) atoms. The van der Waals surface area contributed by atoms with Crippen LogP contribution < -0.4 is 25.6 Å². The van der Waals surface area contributed by atoms with Crippen molar-refractivity contribution in [3.05, 3.63) is 98.6 Å². The van der Waals surface area contributed by atoms with Crippen molar-refractivity contribution in [2.45, 2.75) is 51.6 Å². The first kappa shape index (κ1) is 37.9. The number of hydrogen-bond acceptors (Lipinski definition) is 14. The number of aromatic carboxylic acids is 1. The van der Waals surface area contributed by atoms with E-state index in [0.717, 1.165) is 17.6 Å². The predicted octanol–water partition coefficient (Wildman–Crippen LogP) is 2.04. The van der Waals surface area contributed by atoms with Crippen molar-refractivity contribution in [1.29, 1.82) is 0 Å². The second-order valence-corrected chi connectivity index (χ2v) is 16.5. The summed E-state index contributed by atoms with van der Waals surface area (Å²) < 4.78 is 47.5. The number of fused-ring (bicyclic) bond motifs is 4. The zero-order chi connectivity index (χ0) is 39.6. The number of amides is 2. The summed E-state index contributed by atoms with van der Waals surface area (Å²) in [6, 6.07) is 10.4. The molecule has 0 spiro atoms. The number of rotatable bonds is 10. The van der Waals surface area contributed by atoms with Gasteiger partial charge in [0.15, 0.2) is 5.54 Å². The molecule has 0 unspecified atom stereocenters. The number of ether oxygens (including phenoxy) is 1. The Kier molecular flexibility index (Phi) is 9.47. The first-order valence-electron chi connectivity index (χ1n) is 16.7. The highest BCUT2D eigenvalue weighted by atomic mass is 32.2. The fourth-order valence-corrected chi connectivity index (χ4v) is 8.28. The number of carboxylic acids is 1. The topological polar surface area (TPSA) is 232 Å². The normalized spacial score (nSPS) is 17.7. The summed E-state index contributed by atoms with van der Waals surface area (Å²) in [5.74, 6) is -3.95. The highest BCUT2D eigenvalue weighted by molar-refractivity contribution is 7.95. The number of hydrogen-bond donors (Lipinski definition) is 4. The third-order valence-corrected chi connectivity index (χ3v) is 10.5. The van der Waals surface area contributed by atoms with Crippen molar-refractivity contribution < 1.29 is 66.5 Å². The second kappa shape index (κ2) is 13.7. The van der Waals surface area contributed by atoms with E-state index in [1.807, 2.05) is 19.9 Å². The first-order chi connectivity index (χ1) is 25.8. The van der Waals surface area contributed by atoms with Crippen molar-refractivity contribution in [2.24, 2.45) is 0 Å². The Labute approximate surface area is 317 Å². The SMILES string of the molecule is CC1(C)C=C(CSOOO)c2cc3c(cc2N1)Oc1cc2c(cc1=C3c1cc(C(=O)ON3C(=O)CCC3=O)ccc1C(=O)O)C(CS(=O)(=O)[O-])=CC(C)(C)[NH+]=2. The van der Waals surface area contributed by atoms with Crippen molar-refractivity contribution in [3.8, 4) is 11.5 Å². The van der Waals surface area contributed by atoms with E-state index in [1.165, 1.54) is 18.2 Å². The Bertz CT molecular complexity index is 2530. The van der Waals surface area contributed by atoms with Crippen LogP contribution in [0.2, 0.25) is 0 Å². The minimum absolute atomic E-state index is 0.0128. The lowest BCUT2D eigenvalue weighted by atomic mass is 9.84. The van der Waals surface area contributed by atoms with Gasteiger partial charge in [0.05, 0.1) is 44.2 Å². The Balaban J connectivity index is 1.52. The number of hydroxylamine groups is 2. The van der Waals surface area contributed by atoms with Crippen LogP contribution in [0, 0.1) is 0 Å². The standard InChI is InChI=1S/C37H33N3O13S2/c1-36(2)14-19(16-54-53-52-46)22-10-25-29(12-27(22)38-36)50-30-13-28-23(20(17-55(47,48)49)15-37(3,4)39-28)11-26(30)33(25)24-9-18(5-6-21(24)34(43)44)35(45)51-40-31(41)7-8-32(40)42/h5-6,9-15,38,46H,7-8,16-17H2,1-4H3,(H,43,44)(H,47,48,49). The van der Waals surface area contributed by atoms with Gasteiger partial charge in [0.1, 0.15) is 11.5 Å². The van der Waals surface area contributed by atoms with Gasteiger partial charge in [-0.25, -0.2) is 28.3 Å². The van der Waals surface area contributed by atoms with E-state index < -0.39 is 50.7 Å². The molecule has 4 heterocycles. The lowest BCUT2D eigenvalue weighted by Gasteiger charge is -2.34. The summed E-state index contributed by atoms with van der Waals surface area (Å²) >= 11 is 0.817. The highest BCUT2D eigenvalue weighted by Gasteiger charge is 2.36. The van der Waals surface area contributed by atoms with E-state index in [2.05, 4.69) is 19.7 Å². The molecule has 4 aliphatic heterocycles. The summed E-state index contributed by atoms with van der Waals surface area (Å²) in [7, 11) is -4.75. The van der Waals surface area contributed by atoms with Gasteiger partial charge in [-0.15, -0.1) is 9.40 Å². The lowest BCUT2D eigenvalue weighted by Crippen LogP contribution is -2.89. The minimum atomic E-state index is -4.75. The van der Waals surface area contributed by atoms with Crippen molar-refractivity contribution in [1.82, 2.24) is 5.06 Å².